The van der Waals surface area contributed by atoms with Gasteiger partial charge >= 0.3 is 7.69 Å². The molecular formula is C6HBBrF4O2. The van der Waals surface area contributed by atoms with Gasteiger partial charge in [0.15, 0.2) is 17.4 Å². The minimum absolute atomic E-state index is 0.0890. The molecule has 2 nitrogen and oxygen atoms in total. The van der Waals surface area contributed by atoms with E-state index in [1.807, 2.05) is 0 Å². The van der Waals surface area contributed by atoms with Crippen molar-refractivity contribution in [3.05, 3.63) is 27.7 Å². The molecule has 0 amide bonds. The van der Waals surface area contributed by atoms with Crippen molar-refractivity contribution < 1.29 is 27.2 Å². The lowest BCUT2D eigenvalue weighted by atomic mass is 10.2. The molecule has 0 fully saturated rings. The maximum Gasteiger partial charge on any atom is 0.569 e. The Labute approximate surface area is 84.9 Å². The first-order chi connectivity index (χ1) is 6.50. The fourth-order valence-corrected chi connectivity index (χ4v) is 1.09. The van der Waals surface area contributed by atoms with E-state index in [4.69, 9.17) is 5.02 Å². The maximum absolute atomic E-state index is 12.8. The molecule has 75 valence electrons. The molecule has 0 aliphatic rings. The van der Waals surface area contributed by atoms with Gasteiger partial charge in [0, 0.05) is 0 Å². The van der Waals surface area contributed by atoms with Crippen molar-refractivity contribution in [2.45, 2.75) is 0 Å². The zero-order valence-corrected chi connectivity index (χ0v) is 7.91. The lowest BCUT2D eigenvalue weighted by molar-refractivity contribution is 0.369. The summed E-state index contributed by atoms with van der Waals surface area (Å²) in [5.74, 6) is -8.09. The maximum atomic E-state index is 12.8. The predicted molar refractivity (Wildman–Crippen MR) is 42.6 cm³/mol. The van der Waals surface area contributed by atoms with E-state index < -0.39 is 33.5 Å². The van der Waals surface area contributed by atoms with Crippen LogP contribution in [0.25, 0.3) is 0 Å². The van der Waals surface area contributed by atoms with Crippen molar-refractivity contribution >= 4 is 23.6 Å². The van der Waals surface area contributed by atoms with E-state index in [-0.39, 0.29) is 7.69 Å². The van der Waals surface area contributed by atoms with Crippen LogP contribution in [0, 0.1) is 23.3 Å². The highest BCUT2D eigenvalue weighted by Crippen LogP contribution is 2.32. The Bertz CT molecular complexity index is 344. The zero-order valence-electron chi connectivity index (χ0n) is 6.32. The Hall–Kier alpha value is -0.755. The molecule has 0 saturated carbocycles. The highest BCUT2D eigenvalue weighted by molar-refractivity contribution is 9.10. The Balaban J connectivity index is 3.43. The Morgan fingerprint density at radius 3 is 1.79 bits per heavy atom. The topological polar surface area (TPSA) is 29.5 Å². The van der Waals surface area contributed by atoms with Crippen LogP contribution in [0.1, 0.15) is 0 Å². The monoisotopic (exact) mass is 271 g/mol. The van der Waals surface area contributed by atoms with Gasteiger partial charge in [-0.15, -0.1) is 0 Å². The average Bonchev–Trinajstić information content (AvgIpc) is 2.19. The number of halogens is 5. The predicted octanol–water partition coefficient (Wildman–Crippen LogP) is 1.91. The van der Waals surface area contributed by atoms with Gasteiger partial charge in [0.1, 0.15) is 0 Å². The van der Waals surface area contributed by atoms with E-state index in [1.165, 1.54) is 0 Å². The molecule has 0 atom stereocenters. The molecule has 1 aromatic rings. The minimum Gasteiger partial charge on any atom is -0.533 e. The molecule has 0 saturated heterocycles. The molecule has 1 aromatic carbocycles. The second kappa shape index (κ2) is 4.18. The van der Waals surface area contributed by atoms with Crippen LogP contribution in [0.4, 0.5) is 17.6 Å². The van der Waals surface area contributed by atoms with Crippen molar-refractivity contribution in [1.29, 1.82) is 0 Å². The van der Waals surface area contributed by atoms with Crippen LogP contribution in [0.3, 0.4) is 0 Å². The first-order valence-corrected chi connectivity index (χ1v) is 3.94. The van der Waals surface area contributed by atoms with Crippen molar-refractivity contribution in [2.24, 2.45) is 0 Å². The molecule has 0 unspecified atom stereocenters. The molecule has 0 aliphatic carbocycles. The third kappa shape index (κ3) is 1.71. The van der Waals surface area contributed by atoms with Crippen LogP contribution in [-0.4, -0.2) is 12.7 Å². The molecule has 0 aromatic heterocycles. The van der Waals surface area contributed by atoms with Gasteiger partial charge in [-0.05, 0) is 15.9 Å². The summed E-state index contributed by atoms with van der Waals surface area (Å²) >= 11 is 2.31. The van der Waals surface area contributed by atoms with Gasteiger partial charge in [0.05, 0.1) is 4.47 Å². The summed E-state index contributed by atoms with van der Waals surface area (Å²) in [6.07, 6.45) is 0. The summed E-state index contributed by atoms with van der Waals surface area (Å²) in [4.78, 5) is 0. The quantitative estimate of drug-likeness (QED) is 0.385. The number of benzene rings is 1. The summed E-state index contributed by atoms with van der Waals surface area (Å²) in [7, 11) is -0.0890. The van der Waals surface area contributed by atoms with Crippen LogP contribution >= 0.6 is 15.9 Å². The lowest BCUT2D eigenvalue weighted by Crippen LogP contribution is -2.08. The van der Waals surface area contributed by atoms with Gasteiger partial charge in [-0.2, -0.15) is 8.78 Å². The zero-order chi connectivity index (χ0) is 10.9. The number of rotatable bonds is 2. The smallest absolute Gasteiger partial charge is 0.533 e. The van der Waals surface area contributed by atoms with E-state index in [0.29, 0.717) is 0 Å². The molecule has 14 heavy (non-hydrogen) atoms. The first-order valence-electron chi connectivity index (χ1n) is 3.14. The van der Waals surface area contributed by atoms with Gasteiger partial charge in [0.25, 0.3) is 0 Å². The largest absolute Gasteiger partial charge is 0.569 e. The summed E-state index contributed by atoms with van der Waals surface area (Å²) < 4.78 is 54.0. The standard InChI is InChI=1S/C6HBBrF4O2/c8-1-2(9)4(11)6(14-7-13)5(12)3(1)10/h13H. The third-order valence-electron chi connectivity index (χ3n) is 1.34. The van der Waals surface area contributed by atoms with Gasteiger partial charge in [-0.1, -0.05) is 0 Å². The molecular weight excluding hydrogens is 271 g/mol. The van der Waals surface area contributed by atoms with E-state index in [9.17, 15) is 17.6 Å². The molecule has 0 bridgehead atoms. The molecule has 0 spiro atoms. The summed E-state index contributed by atoms with van der Waals surface area (Å²) in [6.45, 7) is 0. The second-order valence-corrected chi connectivity index (χ2v) is 2.92. The molecule has 1 radical (unpaired) electrons. The van der Waals surface area contributed by atoms with Crippen molar-refractivity contribution in [3.63, 3.8) is 0 Å². The highest BCUT2D eigenvalue weighted by atomic mass is 79.9. The van der Waals surface area contributed by atoms with E-state index >= 15 is 0 Å². The van der Waals surface area contributed by atoms with Crippen LogP contribution in [0.15, 0.2) is 4.47 Å². The third-order valence-corrected chi connectivity index (χ3v) is 2.04. The van der Waals surface area contributed by atoms with E-state index in [0.717, 1.165) is 0 Å². The minimum atomic E-state index is -1.74. The summed E-state index contributed by atoms with van der Waals surface area (Å²) in [5.41, 5.74) is 0. The van der Waals surface area contributed by atoms with Crippen LogP contribution in [0.2, 0.25) is 0 Å². The molecule has 1 rings (SSSR count). The fourth-order valence-electron chi connectivity index (χ4n) is 0.741. The van der Waals surface area contributed by atoms with E-state index in [1.54, 1.807) is 0 Å². The second-order valence-electron chi connectivity index (χ2n) is 2.12. The Morgan fingerprint density at radius 1 is 1.00 bits per heavy atom. The number of hydrogen-bond donors (Lipinski definition) is 1. The average molecular weight is 272 g/mol. The highest BCUT2D eigenvalue weighted by Gasteiger charge is 2.25. The normalized spacial score (nSPS) is 10.1. The summed E-state index contributed by atoms with van der Waals surface area (Å²) in [6, 6.07) is 0. The van der Waals surface area contributed by atoms with E-state index in [2.05, 4.69) is 20.6 Å². The van der Waals surface area contributed by atoms with Crippen molar-refractivity contribution in [2.75, 3.05) is 0 Å². The van der Waals surface area contributed by atoms with Crippen molar-refractivity contribution in [1.82, 2.24) is 0 Å². The lowest BCUT2D eigenvalue weighted by Gasteiger charge is -2.07. The van der Waals surface area contributed by atoms with Gasteiger partial charge in [0.2, 0.25) is 11.6 Å². The fraction of sp³-hybridized carbons (Fsp3) is 0. The van der Waals surface area contributed by atoms with Crippen molar-refractivity contribution in [3.8, 4) is 5.75 Å². The van der Waals surface area contributed by atoms with Crippen LogP contribution in [-0.2, 0) is 0 Å². The van der Waals surface area contributed by atoms with Gasteiger partial charge in [-0.25, -0.2) is 8.78 Å². The molecule has 0 heterocycles. The van der Waals surface area contributed by atoms with Gasteiger partial charge < -0.3 is 9.68 Å². The van der Waals surface area contributed by atoms with Crippen LogP contribution in [0.5, 0.6) is 5.75 Å². The Morgan fingerprint density at radius 2 is 1.43 bits per heavy atom. The SMILES string of the molecule is O[B]Oc1c(F)c(F)c(Br)c(F)c1F. The molecule has 0 aliphatic heterocycles. The summed E-state index contributed by atoms with van der Waals surface area (Å²) in [5, 5.41) is 8.08. The molecule has 8 heteroatoms. The molecule has 1 N–H and O–H groups in total. The Kier molecular flexibility index (Phi) is 3.38. The first kappa shape index (κ1) is 11.3. The van der Waals surface area contributed by atoms with Crippen LogP contribution < -0.4 is 4.65 Å². The van der Waals surface area contributed by atoms with Gasteiger partial charge in [-0.3, -0.25) is 0 Å². The number of hydrogen-bond acceptors (Lipinski definition) is 2.